The van der Waals surface area contributed by atoms with Crippen molar-refractivity contribution in [2.45, 2.75) is 11.7 Å². The number of ether oxygens (including phenoxy) is 2. The van der Waals surface area contributed by atoms with Crippen LogP contribution in [-0.4, -0.2) is 37.2 Å². The highest BCUT2D eigenvalue weighted by Gasteiger charge is 2.65. The maximum Gasteiger partial charge on any atom is 0.234 e. The zero-order valence-corrected chi connectivity index (χ0v) is 11.9. The summed E-state index contributed by atoms with van der Waals surface area (Å²) in [5.74, 6) is -2.60. The molecule has 1 amide bonds. The Hall–Kier alpha value is -2.34. The molecule has 3 heterocycles. The Bertz CT molecular complexity index is 700. The Labute approximate surface area is 126 Å². The molecule has 0 N–H and O–H groups in total. The normalized spacial score (nSPS) is 35.0. The van der Waals surface area contributed by atoms with Gasteiger partial charge in [0.1, 0.15) is 11.4 Å². The molecule has 2 fully saturated rings. The number of nitrogens with zero attached hydrogens (tertiary/aromatic N) is 1. The first-order valence-corrected chi connectivity index (χ1v) is 7.10. The van der Waals surface area contributed by atoms with Crippen molar-refractivity contribution in [1.82, 2.24) is 0 Å². The van der Waals surface area contributed by atoms with Crippen LogP contribution >= 0.6 is 0 Å². The largest absolute Gasteiger partial charge is 0.550 e. The second-order valence-electron chi connectivity index (χ2n) is 5.82. The minimum atomic E-state index is -1.24. The van der Waals surface area contributed by atoms with Gasteiger partial charge in [-0.15, -0.1) is 0 Å². The molecular weight excluding hydrogens is 286 g/mol. The molecule has 114 valence electrons. The highest BCUT2D eigenvalue weighted by atomic mass is 16.5. The predicted octanol–water partition coefficient (Wildman–Crippen LogP) is -0.269. The van der Waals surface area contributed by atoms with Gasteiger partial charge in [-0.2, -0.15) is 0 Å². The molecule has 0 aliphatic carbocycles. The summed E-state index contributed by atoms with van der Waals surface area (Å²) in [6, 6.07) is 7.16. The van der Waals surface area contributed by atoms with E-state index >= 15 is 0 Å². The van der Waals surface area contributed by atoms with Gasteiger partial charge in [-0.05, 0) is 12.1 Å². The van der Waals surface area contributed by atoms with Gasteiger partial charge in [0.15, 0.2) is 0 Å². The molecule has 1 aromatic carbocycles. The number of para-hydroxylation sites is 2. The van der Waals surface area contributed by atoms with Gasteiger partial charge in [0, 0.05) is 11.9 Å². The third-order valence-corrected chi connectivity index (χ3v) is 4.75. The van der Waals surface area contributed by atoms with Crippen LogP contribution in [0.2, 0.25) is 0 Å². The first-order valence-electron chi connectivity index (χ1n) is 7.10. The number of methoxy groups -OCH3 is 1. The average Bonchev–Trinajstić information content (AvgIpc) is 3.15. The van der Waals surface area contributed by atoms with Crippen molar-refractivity contribution < 1.29 is 24.2 Å². The zero-order chi connectivity index (χ0) is 15.5. The standard InChI is InChI=1S/C16H15NO5/c1-21-10-5-3-2-4-9(10)17-8-16-7-6-11(22-16)12(15(19)20)13(16)14(17)18/h2-7,11-13H,8H2,1H3,(H,19,20)/p-1/t11-,12+,13-,16+/m1/s1. The number of carbonyl (C=O) groups excluding carboxylic acids is 2. The topological polar surface area (TPSA) is 78.9 Å². The lowest BCUT2D eigenvalue weighted by Crippen LogP contribution is -2.45. The molecule has 3 aliphatic heterocycles. The van der Waals surface area contributed by atoms with Crippen LogP contribution in [0.25, 0.3) is 0 Å². The molecule has 6 nitrogen and oxygen atoms in total. The number of hydrogen-bond acceptors (Lipinski definition) is 5. The molecule has 0 aromatic heterocycles. The number of carboxylic acid groups (broad SMARTS) is 1. The summed E-state index contributed by atoms with van der Waals surface area (Å²) in [4.78, 5) is 25.8. The summed E-state index contributed by atoms with van der Waals surface area (Å²) in [6.45, 7) is 0.285. The van der Waals surface area contributed by atoms with Crippen molar-refractivity contribution >= 4 is 17.6 Å². The van der Waals surface area contributed by atoms with E-state index in [2.05, 4.69) is 0 Å². The number of carboxylic acids is 1. The third-order valence-electron chi connectivity index (χ3n) is 4.75. The summed E-state index contributed by atoms with van der Waals surface area (Å²) >= 11 is 0. The van der Waals surface area contributed by atoms with E-state index in [0.717, 1.165) is 0 Å². The quantitative estimate of drug-likeness (QED) is 0.718. The van der Waals surface area contributed by atoms with E-state index < -0.39 is 29.5 Å². The summed E-state index contributed by atoms with van der Waals surface area (Å²) in [5.41, 5.74) is -0.246. The van der Waals surface area contributed by atoms with Gasteiger partial charge < -0.3 is 24.3 Å². The Morgan fingerprint density at radius 3 is 2.95 bits per heavy atom. The van der Waals surface area contributed by atoms with Crippen LogP contribution in [0.3, 0.4) is 0 Å². The summed E-state index contributed by atoms with van der Waals surface area (Å²) in [6.07, 6.45) is 2.96. The van der Waals surface area contributed by atoms with Crippen molar-refractivity contribution in [3.05, 3.63) is 36.4 Å². The van der Waals surface area contributed by atoms with Gasteiger partial charge in [-0.1, -0.05) is 24.3 Å². The molecule has 2 bridgehead atoms. The number of fused-ring (bicyclic) bond motifs is 1. The molecule has 4 atom stereocenters. The van der Waals surface area contributed by atoms with Crippen LogP contribution in [0.1, 0.15) is 0 Å². The molecule has 3 aliphatic rings. The van der Waals surface area contributed by atoms with Crippen molar-refractivity contribution in [1.29, 1.82) is 0 Å². The maximum atomic E-state index is 12.8. The zero-order valence-electron chi connectivity index (χ0n) is 11.9. The van der Waals surface area contributed by atoms with Crippen LogP contribution in [0, 0.1) is 11.8 Å². The van der Waals surface area contributed by atoms with Gasteiger partial charge in [-0.25, -0.2) is 0 Å². The van der Waals surface area contributed by atoms with Gasteiger partial charge in [0.05, 0.1) is 31.4 Å². The molecular formula is C16H14NO5-. The second kappa shape index (κ2) is 4.33. The smallest absolute Gasteiger partial charge is 0.234 e. The van der Waals surface area contributed by atoms with E-state index in [1.54, 1.807) is 29.2 Å². The summed E-state index contributed by atoms with van der Waals surface area (Å²) in [5, 5.41) is 11.4. The van der Waals surface area contributed by atoms with E-state index in [9.17, 15) is 14.7 Å². The third kappa shape index (κ3) is 1.53. The monoisotopic (exact) mass is 300 g/mol. The maximum absolute atomic E-state index is 12.8. The molecule has 1 aromatic rings. The Morgan fingerprint density at radius 1 is 1.45 bits per heavy atom. The van der Waals surface area contributed by atoms with E-state index in [4.69, 9.17) is 9.47 Å². The fourth-order valence-electron chi connectivity index (χ4n) is 3.82. The van der Waals surface area contributed by atoms with Crippen LogP contribution in [0.5, 0.6) is 5.75 Å². The first-order chi connectivity index (χ1) is 10.6. The Morgan fingerprint density at radius 2 is 2.23 bits per heavy atom. The molecule has 2 saturated heterocycles. The minimum absolute atomic E-state index is 0.259. The van der Waals surface area contributed by atoms with Crippen LogP contribution in [-0.2, 0) is 14.3 Å². The van der Waals surface area contributed by atoms with E-state index in [1.165, 1.54) is 7.11 Å². The summed E-state index contributed by atoms with van der Waals surface area (Å²) in [7, 11) is 1.53. The number of carbonyl (C=O) groups is 2. The van der Waals surface area contributed by atoms with Crippen molar-refractivity contribution in [3.63, 3.8) is 0 Å². The fourth-order valence-corrected chi connectivity index (χ4v) is 3.82. The van der Waals surface area contributed by atoms with E-state index in [-0.39, 0.29) is 12.5 Å². The molecule has 4 rings (SSSR count). The minimum Gasteiger partial charge on any atom is -0.550 e. The average molecular weight is 300 g/mol. The van der Waals surface area contributed by atoms with E-state index in [1.807, 2.05) is 12.1 Å². The van der Waals surface area contributed by atoms with Crippen molar-refractivity contribution in [2.75, 3.05) is 18.6 Å². The lowest BCUT2D eigenvalue weighted by molar-refractivity contribution is -0.313. The van der Waals surface area contributed by atoms with Crippen molar-refractivity contribution in [2.24, 2.45) is 11.8 Å². The highest BCUT2D eigenvalue weighted by molar-refractivity contribution is 6.03. The molecule has 1 spiro atoms. The highest BCUT2D eigenvalue weighted by Crippen LogP contribution is 2.53. The summed E-state index contributed by atoms with van der Waals surface area (Å²) < 4.78 is 11.1. The number of aliphatic carboxylic acids is 1. The van der Waals surface area contributed by atoms with Crippen molar-refractivity contribution in [3.8, 4) is 5.75 Å². The Balaban J connectivity index is 1.77. The number of benzene rings is 1. The lowest BCUT2D eigenvalue weighted by atomic mass is 9.77. The van der Waals surface area contributed by atoms with Crippen LogP contribution in [0.4, 0.5) is 5.69 Å². The fraction of sp³-hybridized carbons (Fsp3) is 0.375. The van der Waals surface area contributed by atoms with E-state index in [0.29, 0.717) is 11.4 Å². The molecule has 0 saturated carbocycles. The van der Waals surface area contributed by atoms with Gasteiger partial charge in [0.2, 0.25) is 5.91 Å². The molecule has 22 heavy (non-hydrogen) atoms. The predicted molar refractivity (Wildman–Crippen MR) is 74.1 cm³/mol. The van der Waals surface area contributed by atoms with Crippen LogP contribution < -0.4 is 14.7 Å². The number of anilines is 1. The van der Waals surface area contributed by atoms with Gasteiger partial charge in [-0.3, -0.25) is 4.79 Å². The molecule has 0 unspecified atom stereocenters. The molecule has 0 radical (unpaired) electrons. The molecule has 6 heteroatoms. The van der Waals surface area contributed by atoms with Crippen LogP contribution in [0.15, 0.2) is 36.4 Å². The number of amides is 1. The lowest BCUT2D eigenvalue weighted by Gasteiger charge is -2.24. The second-order valence-corrected chi connectivity index (χ2v) is 5.82. The number of hydrogen-bond donors (Lipinski definition) is 0. The van der Waals surface area contributed by atoms with Gasteiger partial charge in [0.25, 0.3) is 0 Å². The van der Waals surface area contributed by atoms with Gasteiger partial charge >= 0.3 is 0 Å². The first kappa shape index (κ1) is 13.3. The SMILES string of the molecule is COc1ccccc1N1C[C@]23C=C[C@@H](O2)[C@H](C(=O)[O-])[C@@H]3C1=O. The number of rotatable bonds is 3. The Kier molecular flexibility index (Phi) is 2.62.